The lowest BCUT2D eigenvalue weighted by molar-refractivity contribution is -0.137. The summed E-state index contributed by atoms with van der Waals surface area (Å²) in [4.78, 5) is 18.1. The van der Waals surface area contributed by atoms with Gasteiger partial charge in [0.2, 0.25) is 5.91 Å². The first-order valence-corrected chi connectivity index (χ1v) is 8.29. The number of aromatic nitrogens is 3. The maximum Gasteiger partial charge on any atom is 0.417 e. The van der Waals surface area contributed by atoms with E-state index in [0.717, 1.165) is 23.5 Å². The van der Waals surface area contributed by atoms with Crippen LogP contribution in [0.2, 0.25) is 0 Å². The van der Waals surface area contributed by atoms with E-state index in [0.29, 0.717) is 31.9 Å². The standard InChI is InChI=1S/C17H20F3N5O/c1-11-13(8-23-24(11)2)7-22-16(26)12-5-6-25(10-12)15-4-3-14(9-21-15)17(18,19)20/h3-4,8-9,12H,5-7,10H2,1-2H3,(H,22,26)/t12-/m0/s1. The number of alkyl halides is 3. The van der Waals surface area contributed by atoms with Crippen LogP contribution in [0.25, 0.3) is 0 Å². The number of halogens is 3. The van der Waals surface area contributed by atoms with Crippen LogP contribution in [0.5, 0.6) is 0 Å². The zero-order valence-electron chi connectivity index (χ0n) is 14.5. The predicted octanol–water partition coefficient (Wildman–Crippen LogP) is 2.29. The number of amides is 1. The Hall–Kier alpha value is -2.58. The fourth-order valence-corrected chi connectivity index (χ4v) is 2.97. The molecule has 2 aromatic rings. The highest BCUT2D eigenvalue weighted by molar-refractivity contribution is 5.80. The zero-order valence-corrected chi connectivity index (χ0v) is 14.5. The molecule has 1 aliphatic rings. The van der Waals surface area contributed by atoms with Gasteiger partial charge in [0.05, 0.1) is 17.7 Å². The van der Waals surface area contributed by atoms with E-state index in [2.05, 4.69) is 15.4 Å². The molecule has 0 unspecified atom stereocenters. The number of hydrogen-bond donors (Lipinski definition) is 1. The number of aryl methyl sites for hydroxylation is 1. The van der Waals surface area contributed by atoms with E-state index in [4.69, 9.17) is 0 Å². The first kappa shape index (κ1) is 18.2. The fraction of sp³-hybridized carbons (Fsp3) is 0.471. The average Bonchev–Trinajstić information content (AvgIpc) is 3.21. The number of anilines is 1. The summed E-state index contributed by atoms with van der Waals surface area (Å²) in [5, 5.41) is 7.04. The summed E-state index contributed by atoms with van der Waals surface area (Å²) in [5.41, 5.74) is 1.17. The summed E-state index contributed by atoms with van der Waals surface area (Å²) < 4.78 is 39.6. The number of hydrogen-bond acceptors (Lipinski definition) is 4. The molecule has 26 heavy (non-hydrogen) atoms. The van der Waals surface area contributed by atoms with Gasteiger partial charge in [0.25, 0.3) is 0 Å². The molecule has 6 nitrogen and oxygen atoms in total. The Morgan fingerprint density at radius 2 is 2.12 bits per heavy atom. The van der Waals surface area contributed by atoms with E-state index in [1.807, 2.05) is 18.9 Å². The lowest BCUT2D eigenvalue weighted by atomic mass is 10.1. The largest absolute Gasteiger partial charge is 0.417 e. The van der Waals surface area contributed by atoms with Gasteiger partial charge in [-0.15, -0.1) is 0 Å². The van der Waals surface area contributed by atoms with Crippen molar-refractivity contribution in [1.29, 1.82) is 0 Å². The SMILES string of the molecule is Cc1c(CNC(=O)[C@H]2CCN(c3ccc(C(F)(F)F)cn3)C2)cnn1C. The van der Waals surface area contributed by atoms with Gasteiger partial charge in [-0.2, -0.15) is 18.3 Å². The minimum absolute atomic E-state index is 0.0670. The number of rotatable bonds is 4. The normalized spacial score (nSPS) is 17.6. The maximum atomic E-state index is 12.6. The van der Waals surface area contributed by atoms with Crippen molar-refractivity contribution in [3.63, 3.8) is 0 Å². The lowest BCUT2D eigenvalue weighted by Gasteiger charge is -2.18. The van der Waals surface area contributed by atoms with Gasteiger partial charge in [0.1, 0.15) is 5.82 Å². The minimum atomic E-state index is -4.40. The second-order valence-electron chi connectivity index (χ2n) is 6.43. The second kappa shape index (κ2) is 6.97. The Labute approximate surface area is 149 Å². The van der Waals surface area contributed by atoms with Gasteiger partial charge in [-0.1, -0.05) is 0 Å². The minimum Gasteiger partial charge on any atom is -0.356 e. The molecular weight excluding hydrogens is 347 g/mol. The van der Waals surface area contributed by atoms with Crippen LogP contribution < -0.4 is 10.2 Å². The van der Waals surface area contributed by atoms with Crippen molar-refractivity contribution in [2.75, 3.05) is 18.0 Å². The molecule has 0 radical (unpaired) electrons. The molecule has 0 spiro atoms. The summed E-state index contributed by atoms with van der Waals surface area (Å²) in [6.07, 6.45) is -1.21. The molecule has 3 rings (SSSR count). The molecule has 1 saturated heterocycles. The topological polar surface area (TPSA) is 63.1 Å². The Balaban J connectivity index is 1.56. The maximum absolute atomic E-state index is 12.6. The van der Waals surface area contributed by atoms with Crippen molar-refractivity contribution in [3.05, 3.63) is 41.3 Å². The predicted molar refractivity (Wildman–Crippen MR) is 89.4 cm³/mol. The highest BCUT2D eigenvalue weighted by Gasteiger charge is 2.32. The summed E-state index contributed by atoms with van der Waals surface area (Å²) in [5.74, 6) is 0.176. The smallest absolute Gasteiger partial charge is 0.356 e. The summed E-state index contributed by atoms with van der Waals surface area (Å²) >= 11 is 0. The number of carbonyl (C=O) groups excluding carboxylic acids is 1. The molecule has 0 aromatic carbocycles. The van der Waals surface area contributed by atoms with E-state index >= 15 is 0 Å². The molecule has 0 aliphatic carbocycles. The van der Waals surface area contributed by atoms with Gasteiger partial charge >= 0.3 is 6.18 Å². The lowest BCUT2D eigenvalue weighted by Crippen LogP contribution is -2.32. The molecule has 9 heteroatoms. The van der Waals surface area contributed by atoms with E-state index in [1.165, 1.54) is 6.07 Å². The molecule has 1 N–H and O–H groups in total. The van der Waals surface area contributed by atoms with Crippen molar-refractivity contribution in [2.45, 2.75) is 26.1 Å². The van der Waals surface area contributed by atoms with Gasteiger partial charge in [0.15, 0.2) is 0 Å². The summed E-state index contributed by atoms with van der Waals surface area (Å²) in [7, 11) is 1.84. The molecule has 1 fully saturated rings. The average molecular weight is 367 g/mol. The Morgan fingerprint density at radius 3 is 2.69 bits per heavy atom. The monoisotopic (exact) mass is 367 g/mol. The van der Waals surface area contributed by atoms with Crippen molar-refractivity contribution >= 4 is 11.7 Å². The zero-order chi connectivity index (χ0) is 18.9. The molecule has 2 aromatic heterocycles. The third kappa shape index (κ3) is 3.81. The molecular formula is C17H20F3N5O. The number of nitrogens with one attached hydrogen (secondary N) is 1. The van der Waals surface area contributed by atoms with E-state index in [1.54, 1.807) is 10.9 Å². The number of carbonyl (C=O) groups is 1. The molecule has 0 saturated carbocycles. The number of nitrogens with zero attached hydrogens (tertiary/aromatic N) is 4. The highest BCUT2D eigenvalue weighted by atomic mass is 19.4. The van der Waals surface area contributed by atoms with Crippen molar-refractivity contribution < 1.29 is 18.0 Å². The van der Waals surface area contributed by atoms with Gasteiger partial charge in [-0.05, 0) is 25.5 Å². The molecule has 140 valence electrons. The first-order chi connectivity index (χ1) is 12.3. The summed E-state index contributed by atoms with van der Waals surface area (Å²) in [6, 6.07) is 2.36. The third-order valence-electron chi connectivity index (χ3n) is 4.75. The van der Waals surface area contributed by atoms with Crippen LogP contribution in [0, 0.1) is 12.8 Å². The summed E-state index contributed by atoms with van der Waals surface area (Å²) in [6.45, 7) is 3.37. The quantitative estimate of drug-likeness (QED) is 0.901. The molecule has 1 atom stereocenters. The third-order valence-corrected chi connectivity index (χ3v) is 4.75. The second-order valence-corrected chi connectivity index (χ2v) is 6.43. The molecule has 1 aliphatic heterocycles. The van der Waals surface area contributed by atoms with Crippen LogP contribution in [-0.2, 0) is 24.6 Å². The number of pyridine rings is 1. The van der Waals surface area contributed by atoms with Crippen LogP contribution in [0.15, 0.2) is 24.5 Å². The molecule has 1 amide bonds. The van der Waals surface area contributed by atoms with E-state index in [-0.39, 0.29) is 11.8 Å². The van der Waals surface area contributed by atoms with Gasteiger partial charge in [-0.25, -0.2) is 4.98 Å². The Bertz CT molecular complexity index is 785. The highest BCUT2D eigenvalue weighted by Crippen LogP contribution is 2.30. The van der Waals surface area contributed by atoms with Crippen LogP contribution in [0.3, 0.4) is 0 Å². The molecule has 3 heterocycles. The van der Waals surface area contributed by atoms with Gasteiger partial charge < -0.3 is 10.2 Å². The molecule has 0 bridgehead atoms. The fourth-order valence-electron chi connectivity index (χ4n) is 2.97. The van der Waals surface area contributed by atoms with Gasteiger partial charge in [0, 0.05) is 44.1 Å². The van der Waals surface area contributed by atoms with Crippen molar-refractivity contribution in [2.24, 2.45) is 13.0 Å². The first-order valence-electron chi connectivity index (χ1n) is 8.29. The van der Waals surface area contributed by atoms with Crippen molar-refractivity contribution in [1.82, 2.24) is 20.1 Å². The van der Waals surface area contributed by atoms with Crippen LogP contribution in [-0.4, -0.2) is 33.8 Å². The van der Waals surface area contributed by atoms with Crippen LogP contribution in [0.4, 0.5) is 19.0 Å². The van der Waals surface area contributed by atoms with Crippen LogP contribution in [0.1, 0.15) is 23.2 Å². The van der Waals surface area contributed by atoms with Crippen molar-refractivity contribution in [3.8, 4) is 0 Å². The van der Waals surface area contributed by atoms with E-state index < -0.39 is 11.7 Å². The Morgan fingerprint density at radius 1 is 1.35 bits per heavy atom. The van der Waals surface area contributed by atoms with E-state index in [9.17, 15) is 18.0 Å². The van der Waals surface area contributed by atoms with Crippen LogP contribution >= 0.6 is 0 Å². The Kier molecular flexibility index (Phi) is 4.88. The van der Waals surface area contributed by atoms with Gasteiger partial charge in [-0.3, -0.25) is 9.48 Å².